The molecule has 2 amide bonds. The molecule has 0 spiro atoms. The van der Waals surface area contributed by atoms with Gasteiger partial charge < -0.3 is 15.0 Å². The van der Waals surface area contributed by atoms with E-state index in [1.165, 1.54) is 23.9 Å². The second-order valence-corrected chi connectivity index (χ2v) is 10.1. The van der Waals surface area contributed by atoms with Crippen molar-refractivity contribution in [3.63, 3.8) is 0 Å². The summed E-state index contributed by atoms with van der Waals surface area (Å²) in [6, 6.07) is 9.86. The Morgan fingerprint density at radius 1 is 1.28 bits per heavy atom. The molecular weight excluding hydrogens is 513 g/mol. The molecule has 4 rings (SSSR count). The summed E-state index contributed by atoms with van der Waals surface area (Å²) in [5.74, 6) is 0.517. The van der Waals surface area contributed by atoms with Gasteiger partial charge in [0.2, 0.25) is 5.91 Å². The van der Waals surface area contributed by atoms with Crippen LogP contribution in [0, 0.1) is 11.3 Å². The third-order valence-corrected chi connectivity index (χ3v) is 7.48. The van der Waals surface area contributed by atoms with E-state index in [-0.39, 0.29) is 29.2 Å². The number of carbonyl (C=O) groups is 2. The third kappa shape index (κ3) is 4.49. The summed E-state index contributed by atoms with van der Waals surface area (Å²) >= 11 is 7.09. The summed E-state index contributed by atoms with van der Waals surface area (Å²) in [7, 11) is 1.56. The number of alkyl halides is 3. The predicted octanol–water partition coefficient (Wildman–Crippen LogP) is 4.48. The molecule has 0 saturated carbocycles. The van der Waals surface area contributed by atoms with Crippen LogP contribution in [0.4, 0.5) is 24.5 Å². The molecule has 2 aromatic rings. The lowest BCUT2D eigenvalue weighted by molar-refractivity contribution is -0.137. The van der Waals surface area contributed by atoms with Crippen LogP contribution in [0.25, 0.3) is 0 Å². The number of hydrogen-bond donors (Lipinski definition) is 1. The van der Waals surface area contributed by atoms with Crippen molar-refractivity contribution in [2.45, 2.75) is 43.0 Å². The second kappa shape index (κ2) is 9.29. The molecule has 1 saturated heterocycles. The summed E-state index contributed by atoms with van der Waals surface area (Å²) < 4.78 is 46.5. The molecule has 12 heteroatoms. The predicted molar refractivity (Wildman–Crippen MR) is 133 cm³/mol. The number of nitrogens with one attached hydrogen (secondary N) is 1. The van der Waals surface area contributed by atoms with Crippen LogP contribution in [0.2, 0.25) is 0 Å². The van der Waals surface area contributed by atoms with Crippen molar-refractivity contribution in [3.05, 3.63) is 47.5 Å². The summed E-state index contributed by atoms with van der Waals surface area (Å²) in [5.41, 5.74) is -2.37. The Hall–Kier alpha value is -3.30. The average Bonchev–Trinajstić information content (AvgIpc) is 3.01. The molecule has 0 radical (unpaired) electrons. The van der Waals surface area contributed by atoms with Crippen LogP contribution >= 0.6 is 24.0 Å². The van der Waals surface area contributed by atoms with Gasteiger partial charge in [0.25, 0.3) is 5.91 Å². The van der Waals surface area contributed by atoms with Gasteiger partial charge in [-0.2, -0.15) is 18.4 Å². The molecule has 2 aliphatic heterocycles. The Bertz CT molecular complexity index is 1310. The molecule has 2 aromatic carbocycles. The van der Waals surface area contributed by atoms with Crippen molar-refractivity contribution >= 4 is 52.3 Å². The topological polar surface area (TPSA) is 85.7 Å². The lowest BCUT2D eigenvalue weighted by Gasteiger charge is -2.31. The van der Waals surface area contributed by atoms with Gasteiger partial charge in [0.15, 0.2) is 5.11 Å². The fourth-order valence-electron chi connectivity index (χ4n) is 4.11. The molecule has 1 atom stereocenters. The van der Waals surface area contributed by atoms with Crippen LogP contribution in [0.3, 0.4) is 0 Å². The summed E-state index contributed by atoms with van der Waals surface area (Å²) in [6.07, 6.45) is -4.83. The molecule has 0 aliphatic carbocycles. The smallest absolute Gasteiger partial charge is 0.417 e. The first-order chi connectivity index (χ1) is 16.9. The first-order valence-corrected chi connectivity index (χ1v) is 12.2. The number of benzene rings is 2. The monoisotopic (exact) mass is 534 g/mol. The van der Waals surface area contributed by atoms with Gasteiger partial charge in [-0.15, -0.1) is 11.8 Å². The van der Waals surface area contributed by atoms with Gasteiger partial charge >= 0.3 is 6.18 Å². The molecule has 0 unspecified atom stereocenters. The van der Waals surface area contributed by atoms with Crippen molar-refractivity contribution in [1.82, 2.24) is 5.32 Å². The first-order valence-electron chi connectivity index (χ1n) is 10.8. The Balaban J connectivity index is 1.67. The fourth-order valence-corrected chi connectivity index (χ4v) is 5.65. The van der Waals surface area contributed by atoms with Crippen LogP contribution in [-0.4, -0.2) is 41.4 Å². The Morgan fingerprint density at radius 2 is 1.97 bits per heavy atom. The highest BCUT2D eigenvalue weighted by Crippen LogP contribution is 2.43. The molecule has 0 aromatic heterocycles. The number of rotatable bonds is 4. The fraction of sp³-hybridized carbons (Fsp3) is 0.333. The Morgan fingerprint density at radius 3 is 2.61 bits per heavy atom. The van der Waals surface area contributed by atoms with E-state index in [1.807, 2.05) is 0 Å². The maximum absolute atomic E-state index is 13.5. The van der Waals surface area contributed by atoms with E-state index in [0.717, 1.165) is 21.9 Å². The number of hydrogen-bond acceptors (Lipinski definition) is 6. The van der Waals surface area contributed by atoms with Gasteiger partial charge in [0.05, 0.1) is 34.2 Å². The lowest BCUT2D eigenvalue weighted by atomic mass is 10.0. The molecule has 1 N–H and O–H groups in total. The van der Waals surface area contributed by atoms with Gasteiger partial charge in [-0.1, -0.05) is 0 Å². The van der Waals surface area contributed by atoms with E-state index in [4.69, 9.17) is 22.2 Å². The number of amides is 2. The second-order valence-electron chi connectivity index (χ2n) is 8.72. The Kier molecular flexibility index (Phi) is 6.66. The minimum Gasteiger partial charge on any atom is -0.488 e. The molecule has 2 heterocycles. The molecule has 36 heavy (non-hydrogen) atoms. The standard InChI is InChI=1S/C24H21F3N4O3S2/c1-23(2)21(33)30(14-5-4-13(11-28)17(8-14)24(25,26)27)22(35)31(23)15-6-7-18-19(9-15)36-12-16(34-18)10-20(32)29-3/h4-9,16H,10,12H2,1-3H3,(H,29,32)/t16-/m0/s1. The third-order valence-electron chi connectivity index (χ3n) is 5.95. The van der Waals surface area contributed by atoms with Crippen molar-refractivity contribution in [2.24, 2.45) is 0 Å². The van der Waals surface area contributed by atoms with Gasteiger partial charge in [-0.25, -0.2) is 0 Å². The zero-order valence-corrected chi connectivity index (χ0v) is 21.1. The van der Waals surface area contributed by atoms with Crippen LogP contribution in [0.15, 0.2) is 41.3 Å². The molecule has 0 bridgehead atoms. The van der Waals surface area contributed by atoms with Crippen LogP contribution in [0.5, 0.6) is 5.75 Å². The van der Waals surface area contributed by atoms with E-state index in [1.54, 1.807) is 44.0 Å². The number of nitrogens with zero attached hydrogens (tertiary/aromatic N) is 3. The summed E-state index contributed by atoms with van der Waals surface area (Å²) in [6.45, 7) is 3.27. The van der Waals surface area contributed by atoms with Crippen LogP contribution < -0.4 is 19.9 Å². The molecule has 188 valence electrons. The van der Waals surface area contributed by atoms with E-state index in [9.17, 15) is 22.8 Å². The van der Waals surface area contributed by atoms with Gasteiger partial charge in [-0.3, -0.25) is 14.5 Å². The number of halogens is 3. The largest absolute Gasteiger partial charge is 0.488 e. The molecule has 7 nitrogen and oxygen atoms in total. The maximum atomic E-state index is 13.5. The SMILES string of the molecule is CNC(=O)C[C@H]1CSc2cc(N3C(=S)N(c4ccc(C#N)c(C(F)(F)F)c4)C(=O)C3(C)C)ccc2O1. The van der Waals surface area contributed by atoms with Crippen molar-refractivity contribution in [2.75, 3.05) is 22.6 Å². The highest BCUT2D eigenvalue weighted by Gasteiger charge is 2.51. The zero-order chi connectivity index (χ0) is 26.4. The minimum absolute atomic E-state index is 0.0157. The number of anilines is 2. The number of thioether (sulfide) groups is 1. The highest BCUT2D eigenvalue weighted by atomic mass is 32.2. The van der Waals surface area contributed by atoms with E-state index in [2.05, 4.69) is 5.32 Å². The zero-order valence-electron chi connectivity index (χ0n) is 19.5. The number of ether oxygens (including phenoxy) is 1. The van der Waals surface area contributed by atoms with Gasteiger partial charge in [-0.05, 0) is 62.5 Å². The van der Waals surface area contributed by atoms with Crippen molar-refractivity contribution < 1.29 is 27.5 Å². The quantitative estimate of drug-likeness (QED) is 0.579. The molecular formula is C24H21F3N4O3S2. The minimum atomic E-state index is -4.77. The van der Waals surface area contributed by atoms with Gasteiger partial charge in [0.1, 0.15) is 17.4 Å². The maximum Gasteiger partial charge on any atom is 0.417 e. The van der Waals surface area contributed by atoms with Crippen molar-refractivity contribution in [1.29, 1.82) is 5.26 Å². The van der Waals surface area contributed by atoms with Crippen LogP contribution in [0.1, 0.15) is 31.4 Å². The number of carbonyl (C=O) groups excluding carboxylic acids is 2. The van der Waals surface area contributed by atoms with Crippen LogP contribution in [-0.2, 0) is 15.8 Å². The van der Waals surface area contributed by atoms with E-state index < -0.39 is 28.7 Å². The first kappa shape index (κ1) is 25.8. The number of nitriles is 1. The Labute approximate surface area is 215 Å². The summed E-state index contributed by atoms with van der Waals surface area (Å²) in [5, 5.41) is 11.7. The van der Waals surface area contributed by atoms with E-state index >= 15 is 0 Å². The average molecular weight is 535 g/mol. The molecule has 1 fully saturated rings. The number of thiocarbonyl (C=S) groups is 1. The van der Waals surface area contributed by atoms with E-state index in [0.29, 0.717) is 17.2 Å². The lowest BCUT2D eigenvalue weighted by Crippen LogP contribution is -2.44. The van der Waals surface area contributed by atoms with Gasteiger partial charge in [0, 0.05) is 18.5 Å². The molecule has 2 aliphatic rings. The highest BCUT2D eigenvalue weighted by molar-refractivity contribution is 7.99. The normalized spacial score (nSPS) is 19.0. The van der Waals surface area contributed by atoms with Crippen molar-refractivity contribution in [3.8, 4) is 11.8 Å². The summed E-state index contributed by atoms with van der Waals surface area (Å²) in [4.78, 5) is 28.5. The number of fused-ring (bicyclic) bond motifs is 1.